The fourth-order valence-corrected chi connectivity index (χ4v) is 2.73. The van der Waals surface area contributed by atoms with Gasteiger partial charge in [-0.3, -0.25) is 14.0 Å². The van der Waals surface area contributed by atoms with E-state index >= 15 is 0 Å². The van der Waals surface area contributed by atoms with Crippen molar-refractivity contribution in [2.75, 3.05) is 10.6 Å². The third-order valence-corrected chi connectivity index (χ3v) is 3.77. The molecule has 0 radical (unpaired) electrons. The minimum atomic E-state index is -0.200. The lowest BCUT2D eigenvalue weighted by atomic mass is 10.2. The molecule has 25 heavy (non-hydrogen) atoms. The number of aromatic nitrogens is 2. The summed E-state index contributed by atoms with van der Waals surface area (Å²) in [6, 6.07) is 12.7. The van der Waals surface area contributed by atoms with E-state index in [9.17, 15) is 9.59 Å². The third-order valence-electron chi connectivity index (χ3n) is 3.77. The first kappa shape index (κ1) is 16.7. The van der Waals surface area contributed by atoms with Gasteiger partial charge >= 0.3 is 0 Å². The highest BCUT2D eigenvalue weighted by molar-refractivity contribution is 6.04. The standard InChI is InChI=1S/C19H20N4O2/c1-3-6-16-18(23-12-5-4-7-17(23)22-16)19(25)21-15-10-8-14(9-11-15)20-13(2)24/h4-5,7-12H,3,6H2,1-2H3,(H,20,24)(H,21,25). The number of hydrogen-bond acceptors (Lipinski definition) is 3. The van der Waals surface area contributed by atoms with E-state index in [2.05, 4.69) is 22.5 Å². The largest absolute Gasteiger partial charge is 0.326 e. The molecule has 0 atom stereocenters. The lowest BCUT2D eigenvalue weighted by molar-refractivity contribution is -0.114. The van der Waals surface area contributed by atoms with Crippen molar-refractivity contribution in [3.8, 4) is 0 Å². The van der Waals surface area contributed by atoms with Crippen molar-refractivity contribution in [3.63, 3.8) is 0 Å². The molecule has 0 saturated carbocycles. The van der Waals surface area contributed by atoms with Crippen molar-refractivity contribution in [1.82, 2.24) is 9.38 Å². The zero-order valence-corrected chi connectivity index (χ0v) is 14.2. The molecule has 0 aliphatic rings. The van der Waals surface area contributed by atoms with Gasteiger partial charge in [0, 0.05) is 24.5 Å². The van der Waals surface area contributed by atoms with Crippen LogP contribution in [0.1, 0.15) is 36.5 Å². The molecule has 3 aromatic rings. The number of fused-ring (bicyclic) bond motifs is 1. The number of anilines is 2. The molecule has 0 aliphatic heterocycles. The number of benzene rings is 1. The molecule has 3 rings (SSSR count). The molecule has 0 aliphatic carbocycles. The van der Waals surface area contributed by atoms with Crippen LogP contribution in [0.3, 0.4) is 0 Å². The Morgan fingerprint density at radius 3 is 2.36 bits per heavy atom. The highest BCUT2D eigenvalue weighted by atomic mass is 16.2. The van der Waals surface area contributed by atoms with E-state index in [1.807, 2.05) is 28.8 Å². The van der Waals surface area contributed by atoms with Crippen LogP contribution in [0.5, 0.6) is 0 Å². The van der Waals surface area contributed by atoms with Gasteiger partial charge in [0.2, 0.25) is 5.91 Å². The maximum atomic E-state index is 12.8. The third kappa shape index (κ3) is 3.68. The molecular weight excluding hydrogens is 316 g/mol. The number of carbonyl (C=O) groups excluding carboxylic acids is 2. The Morgan fingerprint density at radius 2 is 1.72 bits per heavy atom. The van der Waals surface area contributed by atoms with Crippen LogP contribution in [0.4, 0.5) is 11.4 Å². The Kier molecular flexibility index (Phi) is 4.79. The number of aryl methyl sites for hydroxylation is 1. The van der Waals surface area contributed by atoms with E-state index in [4.69, 9.17) is 0 Å². The van der Waals surface area contributed by atoms with Gasteiger partial charge in [-0.25, -0.2) is 4.98 Å². The minimum Gasteiger partial charge on any atom is -0.326 e. The Labute approximate surface area is 145 Å². The van der Waals surface area contributed by atoms with E-state index in [0.717, 1.165) is 24.2 Å². The Bertz CT molecular complexity index is 913. The monoisotopic (exact) mass is 336 g/mol. The number of nitrogens with one attached hydrogen (secondary N) is 2. The fraction of sp³-hybridized carbons (Fsp3) is 0.211. The van der Waals surface area contributed by atoms with Gasteiger partial charge < -0.3 is 10.6 Å². The fourth-order valence-electron chi connectivity index (χ4n) is 2.73. The summed E-state index contributed by atoms with van der Waals surface area (Å²) in [6.07, 6.45) is 3.50. The zero-order valence-electron chi connectivity index (χ0n) is 14.2. The molecule has 2 heterocycles. The first-order chi connectivity index (χ1) is 12.1. The summed E-state index contributed by atoms with van der Waals surface area (Å²) in [5.41, 5.74) is 3.46. The molecule has 128 valence electrons. The Balaban J connectivity index is 1.87. The lowest BCUT2D eigenvalue weighted by Crippen LogP contribution is -2.16. The molecule has 0 bridgehead atoms. The summed E-state index contributed by atoms with van der Waals surface area (Å²) in [4.78, 5) is 28.4. The molecule has 1 aromatic carbocycles. The SMILES string of the molecule is CCCc1nc2ccccn2c1C(=O)Nc1ccc(NC(C)=O)cc1. The van der Waals surface area contributed by atoms with E-state index in [-0.39, 0.29) is 11.8 Å². The van der Waals surface area contributed by atoms with E-state index < -0.39 is 0 Å². The van der Waals surface area contributed by atoms with Crippen LogP contribution >= 0.6 is 0 Å². The van der Waals surface area contributed by atoms with Crippen LogP contribution in [-0.2, 0) is 11.2 Å². The number of rotatable bonds is 5. The Morgan fingerprint density at radius 1 is 1.04 bits per heavy atom. The van der Waals surface area contributed by atoms with Crippen LogP contribution in [0.25, 0.3) is 5.65 Å². The normalized spacial score (nSPS) is 10.6. The average molecular weight is 336 g/mol. The summed E-state index contributed by atoms with van der Waals surface area (Å²) < 4.78 is 1.81. The molecule has 0 unspecified atom stereocenters. The summed E-state index contributed by atoms with van der Waals surface area (Å²) in [5, 5.41) is 5.60. The minimum absolute atomic E-state index is 0.133. The lowest BCUT2D eigenvalue weighted by Gasteiger charge is -2.08. The van der Waals surface area contributed by atoms with Gasteiger partial charge in [-0.1, -0.05) is 19.4 Å². The second-order valence-corrected chi connectivity index (χ2v) is 5.80. The maximum Gasteiger partial charge on any atom is 0.274 e. The van der Waals surface area contributed by atoms with Crippen LogP contribution in [0.15, 0.2) is 48.7 Å². The van der Waals surface area contributed by atoms with Crippen molar-refractivity contribution in [1.29, 1.82) is 0 Å². The molecule has 2 amide bonds. The van der Waals surface area contributed by atoms with Crippen molar-refractivity contribution in [2.45, 2.75) is 26.7 Å². The number of hydrogen-bond donors (Lipinski definition) is 2. The summed E-state index contributed by atoms with van der Waals surface area (Å²) in [7, 11) is 0. The number of imidazole rings is 1. The molecule has 2 aromatic heterocycles. The van der Waals surface area contributed by atoms with Crippen LogP contribution in [-0.4, -0.2) is 21.2 Å². The van der Waals surface area contributed by atoms with E-state index in [1.54, 1.807) is 24.3 Å². The van der Waals surface area contributed by atoms with Gasteiger partial charge in [-0.2, -0.15) is 0 Å². The summed E-state index contributed by atoms with van der Waals surface area (Å²) >= 11 is 0. The number of nitrogens with zero attached hydrogens (tertiary/aromatic N) is 2. The molecule has 6 nitrogen and oxygen atoms in total. The Hall–Kier alpha value is -3.15. The molecule has 0 saturated heterocycles. The van der Waals surface area contributed by atoms with Crippen molar-refractivity contribution in [2.24, 2.45) is 0 Å². The first-order valence-corrected chi connectivity index (χ1v) is 8.23. The molecular formula is C19H20N4O2. The second kappa shape index (κ2) is 7.17. The first-order valence-electron chi connectivity index (χ1n) is 8.23. The molecule has 2 N–H and O–H groups in total. The van der Waals surface area contributed by atoms with Crippen LogP contribution < -0.4 is 10.6 Å². The highest BCUT2D eigenvalue weighted by Gasteiger charge is 2.18. The smallest absolute Gasteiger partial charge is 0.274 e. The molecule has 0 spiro atoms. The topological polar surface area (TPSA) is 75.5 Å². The van der Waals surface area contributed by atoms with E-state index in [1.165, 1.54) is 6.92 Å². The van der Waals surface area contributed by atoms with Crippen molar-refractivity contribution in [3.05, 3.63) is 60.0 Å². The zero-order chi connectivity index (χ0) is 17.8. The summed E-state index contributed by atoms with van der Waals surface area (Å²) in [6.45, 7) is 3.52. The second-order valence-electron chi connectivity index (χ2n) is 5.80. The van der Waals surface area contributed by atoms with Gasteiger partial charge in [0.25, 0.3) is 5.91 Å². The highest BCUT2D eigenvalue weighted by Crippen LogP contribution is 2.18. The van der Waals surface area contributed by atoms with Crippen LogP contribution in [0.2, 0.25) is 0 Å². The quantitative estimate of drug-likeness (QED) is 0.749. The van der Waals surface area contributed by atoms with Gasteiger partial charge in [0.05, 0.1) is 5.69 Å². The predicted molar refractivity (Wildman–Crippen MR) is 97.9 cm³/mol. The van der Waals surface area contributed by atoms with Gasteiger partial charge in [-0.05, 0) is 42.8 Å². The number of carbonyl (C=O) groups is 2. The number of pyridine rings is 1. The van der Waals surface area contributed by atoms with Crippen molar-refractivity contribution >= 4 is 28.8 Å². The molecule has 6 heteroatoms. The van der Waals surface area contributed by atoms with Crippen LogP contribution in [0, 0.1) is 0 Å². The summed E-state index contributed by atoms with van der Waals surface area (Å²) in [5.74, 6) is -0.332. The predicted octanol–water partition coefficient (Wildman–Crippen LogP) is 3.50. The molecule has 0 fully saturated rings. The van der Waals surface area contributed by atoms with E-state index in [0.29, 0.717) is 17.1 Å². The van der Waals surface area contributed by atoms with Gasteiger partial charge in [-0.15, -0.1) is 0 Å². The van der Waals surface area contributed by atoms with Gasteiger partial charge in [0.1, 0.15) is 11.3 Å². The van der Waals surface area contributed by atoms with Crippen molar-refractivity contribution < 1.29 is 9.59 Å². The van der Waals surface area contributed by atoms with Gasteiger partial charge in [0.15, 0.2) is 0 Å². The average Bonchev–Trinajstić information content (AvgIpc) is 2.94. The maximum absolute atomic E-state index is 12.8. The number of amides is 2.